The highest BCUT2D eigenvalue weighted by molar-refractivity contribution is 14.1. The van der Waals surface area contributed by atoms with Crippen molar-refractivity contribution in [3.63, 3.8) is 0 Å². The van der Waals surface area contributed by atoms with E-state index in [1.165, 1.54) is 24.1 Å². The zero-order chi connectivity index (χ0) is 29.4. The number of anilines is 1. The smallest absolute Gasteiger partial charge is 0.264 e. The maximum Gasteiger partial charge on any atom is 0.264 e. The summed E-state index contributed by atoms with van der Waals surface area (Å²) in [6.45, 7) is -0.386. The SMILES string of the molecule is CNC(=O)C(Cc1ccccc1)N(Cc1cccc(Br)c1)C(=O)CN(c1ccc(I)cc1)S(=O)(=O)c1ccccc1. The highest BCUT2D eigenvalue weighted by Crippen LogP contribution is 2.26. The van der Waals surface area contributed by atoms with Crippen LogP contribution in [0.1, 0.15) is 11.1 Å². The van der Waals surface area contributed by atoms with E-state index in [0.29, 0.717) is 5.69 Å². The van der Waals surface area contributed by atoms with Crippen LogP contribution in [0.5, 0.6) is 0 Å². The quantitative estimate of drug-likeness (QED) is 0.202. The molecule has 0 aliphatic carbocycles. The third-order valence-electron chi connectivity index (χ3n) is 6.48. The number of carbonyl (C=O) groups excluding carboxylic acids is 2. The number of hydrogen-bond donors (Lipinski definition) is 1. The van der Waals surface area contributed by atoms with Crippen LogP contribution in [0.4, 0.5) is 5.69 Å². The second-order valence-corrected chi connectivity index (χ2v) is 13.3. The van der Waals surface area contributed by atoms with Crippen LogP contribution >= 0.6 is 38.5 Å². The van der Waals surface area contributed by atoms with Crippen molar-refractivity contribution in [2.75, 3.05) is 17.9 Å². The highest BCUT2D eigenvalue weighted by Gasteiger charge is 2.34. The minimum Gasteiger partial charge on any atom is -0.357 e. The molecule has 4 aromatic rings. The molecule has 1 N–H and O–H groups in total. The molecule has 0 heterocycles. The van der Waals surface area contributed by atoms with E-state index in [-0.39, 0.29) is 23.8 Å². The van der Waals surface area contributed by atoms with Gasteiger partial charge in [0.15, 0.2) is 0 Å². The van der Waals surface area contributed by atoms with Gasteiger partial charge in [-0.2, -0.15) is 0 Å². The first-order valence-corrected chi connectivity index (χ1v) is 16.1. The number of amides is 2. The molecule has 0 aromatic heterocycles. The third-order valence-corrected chi connectivity index (χ3v) is 9.48. The summed E-state index contributed by atoms with van der Waals surface area (Å²) in [6, 6.07) is 31.0. The number of benzene rings is 4. The summed E-state index contributed by atoms with van der Waals surface area (Å²) in [6.07, 6.45) is 0.259. The van der Waals surface area contributed by atoms with E-state index < -0.39 is 28.5 Å². The first-order chi connectivity index (χ1) is 19.7. The predicted octanol–water partition coefficient (Wildman–Crippen LogP) is 5.64. The predicted molar refractivity (Wildman–Crippen MR) is 173 cm³/mol. The van der Waals surface area contributed by atoms with Crippen molar-refractivity contribution >= 4 is 66.0 Å². The zero-order valence-electron chi connectivity index (χ0n) is 22.3. The lowest BCUT2D eigenvalue weighted by Gasteiger charge is -2.33. The molecule has 41 heavy (non-hydrogen) atoms. The third kappa shape index (κ3) is 7.96. The van der Waals surface area contributed by atoms with Crippen LogP contribution in [0.25, 0.3) is 0 Å². The van der Waals surface area contributed by atoms with Crippen LogP contribution in [-0.2, 0) is 32.6 Å². The summed E-state index contributed by atoms with van der Waals surface area (Å²) in [4.78, 5) is 29.1. The first-order valence-electron chi connectivity index (χ1n) is 12.8. The molecule has 4 rings (SSSR count). The Kier molecular flexibility index (Phi) is 10.6. The van der Waals surface area contributed by atoms with Gasteiger partial charge in [-0.05, 0) is 82.2 Å². The lowest BCUT2D eigenvalue weighted by Crippen LogP contribution is -2.53. The van der Waals surface area contributed by atoms with Gasteiger partial charge in [-0.3, -0.25) is 13.9 Å². The number of hydrogen-bond acceptors (Lipinski definition) is 4. The van der Waals surface area contributed by atoms with Gasteiger partial charge in [0.1, 0.15) is 12.6 Å². The lowest BCUT2D eigenvalue weighted by molar-refractivity contribution is -0.139. The average molecular weight is 746 g/mol. The number of halogens is 2. The van der Waals surface area contributed by atoms with Gasteiger partial charge >= 0.3 is 0 Å². The van der Waals surface area contributed by atoms with Crippen molar-refractivity contribution in [1.82, 2.24) is 10.2 Å². The van der Waals surface area contributed by atoms with Gasteiger partial charge in [-0.15, -0.1) is 0 Å². The Morgan fingerprint density at radius 3 is 2.07 bits per heavy atom. The molecule has 0 fully saturated rings. The molecule has 0 bridgehead atoms. The maximum atomic E-state index is 14.2. The Morgan fingerprint density at radius 2 is 1.46 bits per heavy atom. The van der Waals surface area contributed by atoms with Crippen molar-refractivity contribution in [2.45, 2.75) is 23.9 Å². The van der Waals surface area contributed by atoms with E-state index in [1.807, 2.05) is 54.6 Å². The van der Waals surface area contributed by atoms with Crippen LogP contribution in [0.15, 0.2) is 119 Å². The van der Waals surface area contributed by atoms with Gasteiger partial charge in [-0.25, -0.2) is 8.42 Å². The van der Waals surface area contributed by atoms with E-state index in [4.69, 9.17) is 0 Å². The molecule has 0 spiro atoms. The van der Waals surface area contributed by atoms with Gasteiger partial charge in [-0.1, -0.05) is 76.6 Å². The van der Waals surface area contributed by atoms with Gasteiger partial charge < -0.3 is 10.2 Å². The van der Waals surface area contributed by atoms with Crippen molar-refractivity contribution in [2.24, 2.45) is 0 Å². The fourth-order valence-electron chi connectivity index (χ4n) is 4.41. The van der Waals surface area contributed by atoms with Crippen molar-refractivity contribution in [3.8, 4) is 0 Å². The van der Waals surface area contributed by atoms with E-state index in [9.17, 15) is 18.0 Å². The fraction of sp³-hybridized carbons (Fsp3) is 0.161. The summed E-state index contributed by atoms with van der Waals surface area (Å²) in [7, 11) is -2.58. The highest BCUT2D eigenvalue weighted by atomic mass is 127. The summed E-state index contributed by atoms with van der Waals surface area (Å²) in [5.41, 5.74) is 2.02. The van der Waals surface area contributed by atoms with Gasteiger partial charge in [0.2, 0.25) is 11.8 Å². The first kappa shape index (κ1) is 30.7. The lowest BCUT2D eigenvalue weighted by atomic mass is 10.0. The van der Waals surface area contributed by atoms with Gasteiger partial charge in [0.25, 0.3) is 10.0 Å². The second-order valence-electron chi connectivity index (χ2n) is 9.27. The zero-order valence-corrected chi connectivity index (χ0v) is 26.8. The van der Waals surface area contributed by atoms with Gasteiger partial charge in [0.05, 0.1) is 10.6 Å². The molecular formula is C31H29BrIN3O4S. The van der Waals surface area contributed by atoms with Crippen molar-refractivity contribution < 1.29 is 18.0 Å². The van der Waals surface area contributed by atoms with E-state index in [0.717, 1.165) is 23.5 Å². The number of sulfonamides is 1. The molecule has 1 unspecified atom stereocenters. The molecule has 0 saturated heterocycles. The average Bonchev–Trinajstić information content (AvgIpc) is 2.98. The molecule has 7 nitrogen and oxygen atoms in total. The summed E-state index contributed by atoms with van der Waals surface area (Å²) in [5, 5.41) is 2.69. The Hall–Kier alpha value is -3.22. The largest absolute Gasteiger partial charge is 0.357 e. The van der Waals surface area contributed by atoms with Crippen LogP contribution in [0.3, 0.4) is 0 Å². The molecule has 0 saturated carbocycles. The van der Waals surface area contributed by atoms with Gasteiger partial charge in [0, 0.05) is 28.1 Å². The van der Waals surface area contributed by atoms with E-state index >= 15 is 0 Å². The molecule has 0 aliphatic rings. The Bertz CT molecular complexity index is 1590. The minimum atomic E-state index is -4.11. The van der Waals surface area contributed by atoms with Crippen LogP contribution in [0.2, 0.25) is 0 Å². The number of likely N-dealkylation sites (N-methyl/N-ethyl adjacent to an activating group) is 1. The molecule has 0 aliphatic heterocycles. The van der Waals surface area contributed by atoms with E-state index in [2.05, 4.69) is 43.8 Å². The molecule has 2 amide bonds. The van der Waals surface area contributed by atoms with Crippen molar-refractivity contribution in [1.29, 1.82) is 0 Å². The standard InChI is InChI=1S/C31H29BrIN3O4S/c1-34-31(38)29(20-23-9-4-2-5-10-23)35(21-24-11-8-12-25(32)19-24)30(37)22-36(27-17-15-26(33)16-18-27)41(39,40)28-13-6-3-7-14-28/h2-19,29H,20-22H2,1H3,(H,34,38). The van der Waals surface area contributed by atoms with Crippen molar-refractivity contribution in [3.05, 3.63) is 128 Å². The minimum absolute atomic E-state index is 0.0667. The number of nitrogens with one attached hydrogen (secondary N) is 1. The topological polar surface area (TPSA) is 86.8 Å². The summed E-state index contributed by atoms with van der Waals surface area (Å²) >= 11 is 5.62. The summed E-state index contributed by atoms with van der Waals surface area (Å²) < 4.78 is 30.7. The number of nitrogens with zero attached hydrogens (tertiary/aromatic N) is 2. The monoisotopic (exact) mass is 745 g/mol. The Morgan fingerprint density at radius 1 is 0.854 bits per heavy atom. The number of carbonyl (C=O) groups is 2. The van der Waals surface area contributed by atoms with Crippen LogP contribution < -0.4 is 9.62 Å². The molecule has 212 valence electrons. The Labute approximate surface area is 262 Å². The Balaban J connectivity index is 1.78. The molecule has 10 heteroatoms. The molecule has 1 atom stereocenters. The normalized spacial score (nSPS) is 11.9. The van der Waals surface area contributed by atoms with Crippen LogP contribution in [-0.4, -0.2) is 44.8 Å². The summed E-state index contributed by atoms with van der Waals surface area (Å²) in [5.74, 6) is -0.850. The maximum absolute atomic E-state index is 14.2. The molecule has 0 radical (unpaired) electrons. The fourth-order valence-corrected chi connectivity index (χ4v) is 6.65. The number of rotatable bonds is 11. The molecule has 4 aromatic carbocycles. The van der Waals surface area contributed by atoms with Crippen LogP contribution in [0, 0.1) is 3.57 Å². The second kappa shape index (κ2) is 14.1. The molecular weight excluding hydrogens is 717 g/mol. The van der Waals surface area contributed by atoms with E-state index in [1.54, 1.807) is 42.5 Å².